The summed E-state index contributed by atoms with van der Waals surface area (Å²) in [6, 6.07) is 8.48. The summed E-state index contributed by atoms with van der Waals surface area (Å²) in [5.74, 6) is -0.700. The van der Waals surface area contributed by atoms with Crippen molar-refractivity contribution in [1.82, 2.24) is 4.72 Å². The number of rotatable bonds is 4. The molecule has 2 aromatic carbocycles. The van der Waals surface area contributed by atoms with Crippen molar-refractivity contribution in [1.29, 1.82) is 0 Å². The molecular formula is C18H17ClF3NO4S. The summed E-state index contributed by atoms with van der Waals surface area (Å²) in [6.07, 6.45) is -7.12. The van der Waals surface area contributed by atoms with E-state index >= 15 is 0 Å². The number of aliphatic hydroxyl groups is 2. The van der Waals surface area contributed by atoms with Gasteiger partial charge in [0.15, 0.2) is 0 Å². The Balaban J connectivity index is 1.88. The SMILES string of the molecule is O=S(=O)(N[C@H]1[C@H](O)[C@H](O)C[C@@H]1c1ccc(C(F)(F)F)cc1)c1ccc(Cl)cc1. The number of sulfonamides is 1. The second-order valence-electron chi connectivity index (χ2n) is 6.62. The van der Waals surface area contributed by atoms with Crippen LogP contribution in [-0.2, 0) is 16.2 Å². The van der Waals surface area contributed by atoms with Crippen LogP contribution in [0.3, 0.4) is 0 Å². The van der Waals surface area contributed by atoms with E-state index in [0.29, 0.717) is 10.6 Å². The molecule has 0 amide bonds. The maximum Gasteiger partial charge on any atom is 0.416 e. The molecular weight excluding hydrogens is 419 g/mol. The van der Waals surface area contributed by atoms with Crippen LogP contribution in [0, 0.1) is 0 Å². The van der Waals surface area contributed by atoms with Crippen molar-refractivity contribution in [2.24, 2.45) is 0 Å². The fourth-order valence-corrected chi connectivity index (χ4v) is 4.72. The molecule has 1 fully saturated rings. The Morgan fingerprint density at radius 2 is 1.57 bits per heavy atom. The predicted molar refractivity (Wildman–Crippen MR) is 96.4 cm³/mol. The number of nitrogens with one attached hydrogen (secondary N) is 1. The van der Waals surface area contributed by atoms with E-state index in [4.69, 9.17) is 11.6 Å². The molecule has 4 atom stereocenters. The van der Waals surface area contributed by atoms with Crippen molar-refractivity contribution >= 4 is 21.6 Å². The molecule has 0 heterocycles. The van der Waals surface area contributed by atoms with Gasteiger partial charge >= 0.3 is 6.18 Å². The number of alkyl halides is 3. The van der Waals surface area contributed by atoms with Crippen LogP contribution >= 0.6 is 11.6 Å². The van der Waals surface area contributed by atoms with Crippen LogP contribution in [-0.4, -0.2) is 36.9 Å². The Kier molecular flexibility index (Phi) is 5.75. The van der Waals surface area contributed by atoms with Crippen LogP contribution in [0.5, 0.6) is 0 Å². The van der Waals surface area contributed by atoms with Crippen LogP contribution < -0.4 is 4.72 Å². The lowest BCUT2D eigenvalue weighted by atomic mass is 9.93. The first-order chi connectivity index (χ1) is 13.0. The minimum Gasteiger partial charge on any atom is -0.390 e. The van der Waals surface area contributed by atoms with Gasteiger partial charge in [0.1, 0.15) is 0 Å². The zero-order chi connectivity index (χ0) is 20.7. The van der Waals surface area contributed by atoms with Crippen molar-refractivity contribution < 1.29 is 31.8 Å². The van der Waals surface area contributed by atoms with E-state index in [0.717, 1.165) is 12.1 Å². The first-order valence-corrected chi connectivity index (χ1v) is 10.2. The second-order valence-corrected chi connectivity index (χ2v) is 8.77. The highest BCUT2D eigenvalue weighted by Crippen LogP contribution is 2.37. The molecule has 0 aliphatic heterocycles. The van der Waals surface area contributed by atoms with Crippen molar-refractivity contribution in [2.75, 3.05) is 0 Å². The third-order valence-electron chi connectivity index (χ3n) is 4.77. The van der Waals surface area contributed by atoms with Crippen LogP contribution in [0.15, 0.2) is 53.4 Å². The van der Waals surface area contributed by atoms with Gasteiger partial charge in [0.25, 0.3) is 0 Å². The molecule has 0 unspecified atom stereocenters. The molecule has 152 valence electrons. The minimum absolute atomic E-state index is 0.000333. The molecule has 2 aromatic rings. The molecule has 3 N–H and O–H groups in total. The fraction of sp³-hybridized carbons (Fsp3) is 0.333. The van der Waals surface area contributed by atoms with E-state index in [1.807, 2.05) is 0 Å². The molecule has 0 aromatic heterocycles. The highest BCUT2D eigenvalue weighted by Gasteiger charge is 2.44. The second kappa shape index (κ2) is 7.64. The number of halogens is 4. The van der Waals surface area contributed by atoms with Gasteiger partial charge < -0.3 is 10.2 Å². The van der Waals surface area contributed by atoms with Crippen molar-refractivity contribution in [3.63, 3.8) is 0 Å². The van der Waals surface area contributed by atoms with Gasteiger partial charge in [-0.3, -0.25) is 0 Å². The van der Waals surface area contributed by atoms with E-state index in [1.54, 1.807) is 0 Å². The minimum atomic E-state index is -4.50. The van der Waals surface area contributed by atoms with E-state index in [1.165, 1.54) is 36.4 Å². The van der Waals surface area contributed by atoms with Gasteiger partial charge in [-0.15, -0.1) is 0 Å². The number of hydrogen-bond donors (Lipinski definition) is 3. The standard InChI is InChI=1S/C18H17ClF3NO4S/c19-12-5-7-13(8-6-12)28(26,27)23-16-14(9-15(24)17(16)25)10-1-3-11(4-2-10)18(20,21)22/h1-8,14-17,23-25H,9H2/t14-,15-,16-,17-/m1/s1. The van der Waals surface area contributed by atoms with E-state index in [9.17, 15) is 31.8 Å². The summed E-state index contributed by atoms with van der Waals surface area (Å²) in [6.45, 7) is 0. The molecule has 0 spiro atoms. The molecule has 0 bridgehead atoms. The quantitative estimate of drug-likeness (QED) is 0.689. The Hall–Kier alpha value is -1.65. The van der Waals surface area contributed by atoms with E-state index in [2.05, 4.69) is 4.72 Å². The van der Waals surface area contributed by atoms with Crippen molar-refractivity contribution in [3.8, 4) is 0 Å². The average Bonchev–Trinajstić information content (AvgIpc) is 2.89. The lowest BCUT2D eigenvalue weighted by Crippen LogP contribution is -2.45. The molecule has 5 nitrogen and oxygen atoms in total. The molecule has 10 heteroatoms. The summed E-state index contributed by atoms with van der Waals surface area (Å²) in [5.41, 5.74) is -0.457. The topological polar surface area (TPSA) is 86.6 Å². The molecule has 1 aliphatic carbocycles. The van der Waals surface area contributed by atoms with Crippen molar-refractivity contribution in [3.05, 3.63) is 64.7 Å². The zero-order valence-corrected chi connectivity index (χ0v) is 15.8. The van der Waals surface area contributed by atoms with Gasteiger partial charge in [-0.2, -0.15) is 13.2 Å². The van der Waals surface area contributed by atoms with E-state index in [-0.39, 0.29) is 11.3 Å². The number of aliphatic hydroxyl groups excluding tert-OH is 2. The molecule has 0 saturated heterocycles. The lowest BCUT2D eigenvalue weighted by Gasteiger charge is -2.24. The molecule has 1 aliphatic rings. The monoisotopic (exact) mass is 435 g/mol. The summed E-state index contributed by atoms with van der Waals surface area (Å²) < 4.78 is 65.9. The maximum absolute atomic E-state index is 12.8. The van der Waals surface area contributed by atoms with Crippen LogP contribution in [0.2, 0.25) is 5.02 Å². The van der Waals surface area contributed by atoms with Crippen LogP contribution in [0.4, 0.5) is 13.2 Å². The van der Waals surface area contributed by atoms with Gasteiger partial charge in [0, 0.05) is 10.9 Å². The normalized spacial score (nSPS) is 25.8. The molecule has 0 radical (unpaired) electrons. The first-order valence-electron chi connectivity index (χ1n) is 8.30. The van der Waals surface area contributed by atoms with E-state index < -0.39 is 45.9 Å². The van der Waals surface area contributed by atoms with Crippen molar-refractivity contribution in [2.45, 2.75) is 41.7 Å². The molecule has 3 rings (SSSR count). The highest BCUT2D eigenvalue weighted by molar-refractivity contribution is 7.89. The Bertz CT molecular complexity index is 933. The van der Waals surface area contributed by atoms with Gasteiger partial charge in [0.2, 0.25) is 10.0 Å². The smallest absolute Gasteiger partial charge is 0.390 e. The Labute approximate surface area is 164 Å². The highest BCUT2D eigenvalue weighted by atomic mass is 35.5. The Morgan fingerprint density at radius 3 is 2.11 bits per heavy atom. The molecule has 1 saturated carbocycles. The predicted octanol–water partition coefficient (Wildman–Crippen LogP) is 2.92. The van der Waals surface area contributed by atoms with Gasteiger partial charge in [-0.05, 0) is 48.4 Å². The Morgan fingerprint density at radius 1 is 1.00 bits per heavy atom. The first kappa shape index (κ1) is 21.1. The summed E-state index contributed by atoms with van der Waals surface area (Å²) in [5, 5.41) is 20.6. The summed E-state index contributed by atoms with van der Waals surface area (Å²) in [7, 11) is -4.05. The average molecular weight is 436 g/mol. The largest absolute Gasteiger partial charge is 0.416 e. The summed E-state index contributed by atoms with van der Waals surface area (Å²) >= 11 is 5.75. The van der Waals surface area contributed by atoms with Gasteiger partial charge in [0.05, 0.1) is 28.7 Å². The fourth-order valence-electron chi connectivity index (χ4n) is 3.30. The zero-order valence-electron chi connectivity index (χ0n) is 14.3. The lowest BCUT2D eigenvalue weighted by molar-refractivity contribution is -0.137. The van der Waals surface area contributed by atoms with Gasteiger partial charge in [-0.25, -0.2) is 13.1 Å². The van der Waals surface area contributed by atoms with Gasteiger partial charge in [-0.1, -0.05) is 23.7 Å². The third-order valence-corrected chi connectivity index (χ3v) is 6.50. The number of benzene rings is 2. The summed E-state index contributed by atoms with van der Waals surface area (Å²) in [4.78, 5) is -0.0864. The number of hydrogen-bond acceptors (Lipinski definition) is 4. The molecule has 28 heavy (non-hydrogen) atoms. The maximum atomic E-state index is 12.8. The third kappa shape index (κ3) is 4.33. The van der Waals surface area contributed by atoms with Crippen LogP contribution in [0.1, 0.15) is 23.5 Å². The van der Waals surface area contributed by atoms with Crippen LogP contribution in [0.25, 0.3) is 0 Å².